The second-order valence-electron chi connectivity index (χ2n) is 6.29. The van der Waals surface area contributed by atoms with Gasteiger partial charge in [-0.15, -0.1) is 0 Å². The zero-order valence-corrected chi connectivity index (χ0v) is 12.1. The second kappa shape index (κ2) is 5.54. The van der Waals surface area contributed by atoms with Crippen molar-refractivity contribution in [2.45, 2.75) is 44.6 Å². The van der Waals surface area contributed by atoms with Gasteiger partial charge in [-0.2, -0.15) is 0 Å². The minimum atomic E-state index is 0.527. The fourth-order valence-electron chi connectivity index (χ4n) is 3.90. The molecule has 0 bridgehead atoms. The van der Waals surface area contributed by atoms with Crippen molar-refractivity contribution in [3.63, 3.8) is 0 Å². The van der Waals surface area contributed by atoms with E-state index in [1.54, 1.807) is 0 Å². The van der Waals surface area contributed by atoms with Gasteiger partial charge in [0, 0.05) is 17.5 Å². The molecule has 1 aromatic carbocycles. The van der Waals surface area contributed by atoms with Gasteiger partial charge in [0.05, 0.1) is 6.61 Å². The lowest BCUT2D eigenvalue weighted by Crippen LogP contribution is -2.41. The summed E-state index contributed by atoms with van der Waals surface area (Å²) in [5.41, 5.74) is 1.40. The van der Waals surface area contributed by atoms with E-state index < -0.39 is 0 Å². The minimum Gasteiger partial charge on any atom is -0.493 e. The molecule has 1 saturated carbocycles. The van der Waals surface area contributed by atoms with Gasteiger partial charge in [-0.25, -0.2) is 0 Å². The molecule has 0 saturated heterocycles. The largest absolute Gasteiger partial charge is 0.493 e. The molecule has 19 heavy (non-hydrogen) atoms. The Morgan fingerprint density at radius 3 is 2.63 bits per heavy atom. The Morgan fingerprint density at radius 2 is 1.89 bits per heavy atom. The average molecular weight is 259 g/mol. The van der Waals surface area contributed by atoms with Crippen LogP contribution in [0.15, 0.2) is 24.3 Å². The number of likely N-dealkylation sites (N-methyl/N-ethyl adjacent to an activating group) is 1. The van der Waals surface area contributed by atoms with Gasteiger partial charge in [-0.1, -0.05) is 38.0 Å². The van der Waals surface area contributed by atoms with Gasteiger partial charge in [0.25, 0.3) is 0 Å². The van der Waals surface area contributed by atoms with Crippen molar-refractivity contribution in [2.75, 3.05) is 13.7 Å². The molecular formula is C17H25NO. The van der Waals surface area contributed by atoms with E-state index in [0.29, 0.717) is 12.0 Å². The quantitative estimate of drug-likeness (QED) is 0.896. The van der Waals surface area contributed by atoms with Gasteiger partial charge in [0.1, 0.15) is 5.75 Å². The first-order valence-corrected chi connectivity index (χ1v) is 7.68. The predicted octanol–water partition coefficient (Wildman–Crippen LogP) is 3.58. The van der Waals surface area contributed by atoms with Crippen LogP contribution in [0.5, 0.6) is 5.75 Å². The minimum absolute atomic E-state index is 0.527. The van der Waals surface area contributed by atoms with Crippen LogP contribution >= 0.6 is 0 Å². The fourth-order valence-corrected chi connectivity index (χ4v) is 3.90. The highest BCUT2D eigenvalue weighted by molar-refractivity contribution is 5.40. The van der Waals surface area contributed by atoms with Crippen LogP contribution in [-0.4, -0.2) is 19.7 Å². The van der Waals surface area contributed by atoms with E-state index in [1.165, 1.54) is 31.2 Å². The van der Waals surface area contributed by atoms with Crippen LogP contribution in [0.25, 0.3) is 0 Å². The lowest BCUT2D eigenvalue weighted by molar-refractivity contribution is 0.198. The van der Waals surface area contributed by atoms with Crippen molar-refractivity contribution >= 4 is 0 Å². The molecule has 104 valence electrons. The van der Waals surface area contributed by atoms with Gasteiger partial charge in [-0.05, 0) is 37.8 Å². The molecule has 1 heterocycles. The van der Waals surface area contributed by atoms with Crippen molar-refractivity contribution in [1.82, 2.24) is 5.32 Å². The summed E-state index contributed by atoms with van der Waals surface area (Å²) in [6, 6.07) is 9.11. The van der Waals surface area contributed by atoms with Crippen molar-refractivity contribution in [1.29, 1.82) is 0 Å². The first-order valence-electron chi connectivity index (χ1n) is 7.68. The number of para-hydroxylation sites is 1. The number of benzene rings is 1. The number of rotatable bonds is 3. The molecule has 1 aromatic rings. The molecule has 3 rings (SSSR count). The molecule has 1 aliphatic heterocycles. The second-order valence-corrected chi connectivity index (χ2v) is 6.29. The monoisotopic (exact) mass is 259 g/mol. The number of ether oxygens (including phenoxy) is 1. The maximum absolute atomic E-state index is 5.87. The van der Waals surface area contributed by atoms with Gasteiger partial charge in [-0.3, -0.25) is 0 Å². The Kier molecular flexibility index (Phi) is 3.79. The summed E-state index contributed by atoms with van der Waals surface area (Å²) >= 11 is 0. The lowest BCUT2D eigenvalue weighted by atomic mass is 9.74. The van der Waals surface area contributed by atoms with Crippen LogP contribution in [0.2, 0.25) is 0 Å². The van der Waals surface area contributed by atoms with Crippen molar-refractivity contribution < 1.29 is 4.74 Å². The van der Waals surface area contributed by atoms with Crippen LogP contribution in [-0.2, 0) is 0 Å². The molecule has 0 amide bonds. The maximum atomic E-state index is 5.87. The fraction of sp³-hybridized carbons (Fsp3) is 0.647. The third-order valence-corrected chi connectivity index (χ3v) is 5.07. The SMILES string of the molecule is CNC(C1CCC(C)CC1)C1COc2ccccc21. The molecule has 2 unspecified atom stereocenters. The van der Waals surface area contributed by atoms with E-state index in [9.17, 15) is 0 Å². The Balaban J connectivity index is 1.76. The van der Waals surface area contributed by atoms with Crippen LogP contribution in [0.4, 0.5) is 0 Å². The number of fused-ring (bicyclic) bond motifs is 1. The number of hydrogen-bond donors (Lipinski definition) is 1. The highest BCUT2D eigenvalue weighted by atomic mass is 16.5. The summed E-state index contributed by atoms with van der Waals surface area (Å²) < 4.78 is 5.87. The van der Waals surface area contributed by atoms with E-state index in [4.69, 9.17) is 4.74 Å². The molecule has 0 aromatic heterocycles. The lowest BCUT2D eigenvalue weighted by Gasteiger charge is -2.35. The molecular weight excluding hydrogens is 234 g/mol. The Bertz CT molecular complexity index is 423. The summed E-state index contributed by atoms with van der Waals surface area (Å²) in [7, 11) is 2.11. The Labute approximate surface area is 116 Å². The Hall–Kier alpha value is -1.02. The van der Waals surface area contributed by atoms with Gasteiger partial charge < -0.3 is 10.1 Å². The van der Waals surface area contributed by atoms with E-state index in [1.807, 2.05) is 0 Å². The first-order chi connectivity index (χ1) is 9.29. The summed E-state index contributed by atoms with van der Waals surface area (Å²) in [6.07, 6.45) is 5.51. The van der Waals surface area contributed by atoms with E-state index >= 15 is 0 Å². The zero-order chi connectivity index (χ0) is 13.2. The van der Waals surface area contributed by atoms with Crippen LogP contribution in [0.1, 0.15) is 44.1 Å². The van der Waals surface area contributed by atoms with Gasteiger partial charge in [0.15, 0.2) is 0 Å². The predicted molar refractivity (Wildman–Crippen MR) is 78.6 cm³/mol. The number of nitrogens with one attached hydrogen (secondary N) is 1. The topological polar surface area (TPSA) is 21.3 Å². The average Bonchev–Trinajstić information content (AvgIpc) is 2.86. The molecule has 2 heteroatoms. The molecule has 0 radical (unpaired) electrons. The zero-order valence-electron chi connectivity index (χ0n) is 12.1. The Morgan fingerprint density at radius 1 is 1.16 bits per heavy atom. The number of hydrogen-bond acceptors (Lipinski definition) is 2. The van der Waals surface area contributed by atoms with Gasteiger partial charge >= 0.3 is 0 Å². The highest BCUT2D eigenvalue weighted by Crippen LogP contribution is 2.41. The van der Waals surface area contributed by atoms with Crippen molar-refractivity contribution in [3.05, 3.63) is 29.8 Å². The molecule has 2 aliphatic rings. The third kappa shape index (κ3) is 2.51. The van der Waals surface area contributed by atoms with Gasteiger partial charge in [0.2, 0.25) is 0 Å². The molecule has 1 aliphatic carbocycles. The molecule has 0 spiro atoms. The summed E-state index contributed by atoms with van der Waals surface area (Å²) in [6.45, 7) is 3.23. The summed E-state index contributed by atoms with van der Waals surface area (Å²) in [5, 5.41) is 3.59. The maximum Gasteiger partial charge on any atom is 0.122 e. The van der Waals surface area contributed by atoms with Crippen LogP contribution in [0, 0.1) is 11.8 Å². The molecule has 2 nitrogen and oxygen atoms in total. The standard InChI is InChI=1S/C17H25NO/c1-12-7-9-13(10-8-12)17(18-2)15-11-19-16-6-4-3-5-14(15)16/h3-6,12-13,15,17-18H,7-11H2,1-2H3. The third-order valence-electron chi connectivity index (χ3n) is 5.07. The van der Waals surface area contributed by atoms with E-state index in [0.717, 1.165) is 24.2 Å². The molecule has 1 fully saturated rings. The van der Waals surface area contributed by atoms with Crippen molar-refractivity contribution in [2.24, 2.45) is 11.8 Å². The van der Waals surface area contributed by atoms with E-state index in [2.05, 4.69) is 43.6 Å². The normalized spacial score (nSPS) is 31.6. The summed E-state index contributed by atoms with van der Waals surface area (Å²) in [4.78, 5) is 0. The molecule has 2 atom stereocenters. The molecule has 1 N–H and O–H groups in total. The van der Waals surface area contributed by atoms with E-state index in [-0.39, 0.29) is 0 Å². The van der Waals surface area contributed by atoms with Crippen LogP contribution < -0.4 is 10.1 Å². The highest BCUT2D eigenvalue weighted by Gasteiger charge is 2.36. The first kappa shape index (κ1) is 13.0. The summed E-state index contributed by atoms with van der Waals surface area (Å²) in [5.74, 6) is 3.35. The van der Waals surface area contributed by atoms with Crippen molar-refractivity contribution in [3.8, 4) is 5.75 Å². The van der Waals surface area contributed by atoms with Crippen LogP contribution in [0.3, 0.4) is 0 Å². The smallest absolute Gasteiger partial charge is 0.122 e.